The molecule has 1 aliphatic rings. The maximum absolute atomic E-state index is 11.4. The van der Waals surface area contributed by atoms with Gasteiger partial charge in [0.15, 0.2) is 0 Å². The van der Waals surface area contributed by atoms with E-state index in [0.717, 1.165) is 0 Å². The Hall–Kier alpha value is -0.0900. The van der Waals surface area contributed by atoms with E-state index in [1.807, 2.05) is 13.8 Å². The number of rotatable bonds is 3. The van der Waals surface area contributed by atoms with E-state index in [1.165, 1.54) is 0 Å². The van der Waals surface area contributed by atoms with Crippen LogP contribution in [0.2, 0.25) is 0 Å². The highest BCUT2D eigenvalue weighted by Crippen LogP contribution is 2.12. The Morgan fingerprint density at radius 3 is 2.50 bits per heavy atom. The lowest BCUT2D eigenvalue weighted by molar-refractivity contribution is -0.125. The topological polar surface area (TPSA) is 38.3 Å². The summed E-state index contributed by atoms with van der Waals surface area (Å²) in [6.45, 7) is 5.33. The second-order valence-corrected chi connectivity index (χ2v) is 4.38. The summed E-state index contributed by atoms with van der Waals surface area (Å²) >= 11 is 3.34. The summed E-state index contributed by atoms with van der Waals surface area (Å²) in [6, 6.07) is 0.233. The SMILES string of the molecule is CC(C)C(Br)C(=O)NC1COC1. The highest BCUT2D eigenvalue weighted by Gasteiger charge is 2.25. The van der Waals surface area contributed by atoms with Gasteiger partial charge in [0.25, 0.3) is 0 Å². The lowest BCUT2D eigenvalue weighted by Crippen LogP contribution is -2.51. The molecule has 0 aromatic heterocycles. The highest BCUT2D eigenvalue weighted by atomic mass is 79.9. The van der Waals surface area contributed by atoms with Gasteiger partial charge in [0.05, 0.1) is 24.1 Å². The van der Waals surface area contributed by atoms with E-state index in [-0.39, 0.29) is 16.8 Å². The van der Waals surface area contributed by atoms with E-state index in [4.69, 9.17) is 4.74 Å². The van der Waals surface area contributed by atoms with E-state index >= 15 is 0 Å². The molecule has 1 rings (SSSR count). The zero-order chi connectivity index (χ0) is 9.14. The van der Waals surface area contributed by atoms with Gasteiger partial charge in [-0.2, -0.15) is 0 Å². The fourth-order valence-electron chi connectivity index (χ4n) is 0.903. The first kappa shape index (κ1) is 9.99. The molecule has 70 valence electrons. The Bertz CT molecular complexity index is 168. The zero-order valence-electron chi connectivity index (χ0n) is 7.34. The summed E-state index contributed by atoms with van der Waals surface area (Å²) in [6.07, 6.45) is 0. The Morgan fingerprint density at radius 1 is 1.58 bits per heavy atom. The number of halogens is 1. The number of hydrogen-bond donors (Lipinski definition) is 1. The molecule has 3 nitrogen and oxygen atoms in total. The van der Waals surface area contributed by atoms with E-state index in [1.54, 1.807) is 0 Å². The molecule has 0 saturated carbocycles. The molecule has 1 amide bonds. The van der Waals surface area contributed by atoms with Crippen LogP contribution in [0.15, 0.2) is 0 Å². The molecule has 0 aromatic rings. The van der Waals surface area contributed by atoms with Gasteiger partial charge in [-0.25, -0.2) is 0 Å². The molecule has 0 bridgehead atoms. The first-order valence-corrected chi connectivity index (χ1v) is 5.05. The minimum Gasteiger partial charge on any atom is -0.377 e. The molecule has 0 radical (unpaired) electrons. The third-order valence-corrected chi connectivity index (χ3v) is 3.29. The molecular formula is C8H14BrNO2. The third-order valence-electron chi connectivity index (χ3n) is 1.82. The fraction of sp³-hybridized carbons (Fsp3) is 0.875. The quantitative estimate of drug-likeness (QED) is 0.740. The second kappa shape index (κ2) is 4.23. The van der Waals surface area contributed by atoms with Gasteiger partial charge in [-0.15, -0.1) is 0 Å². The third kappa shape index (κ3) is 2.45. The predicted octanol–water partition coefficient (Wildman–Crippen LogP) is 0.921. The van der Waals surface area contributed by atoms with E-state index in [0.29, 0.717) is 19.1 Å². The van der Waals surface area contributed by atoms with E-state index < -0.39 is 0 Å². The summed E-state index contributed by atoms with van der Waals surface area (Å²) in [4.78, 5) is 11.3. The van der Waals surface area contributed by atoms with Crippen molar-refractivity contribution in [2.24, 2.45) is 5.92 Å². The standard InChI is InChI=1S/C8H14BrNO2/c1-5(2)7(9)8(11)10-6-3-12-4-6/h5-7H,3-4H2,1-2H3,(H,10,11). The molecule has 1 heterocycles. The van der Waals surface area contributed by atoms with E-state index in [2.05, 4.69) is 21.2 Å². The number of nitrogens with one attached hydrogen (secondary N) is 1. The monoisotopic (exact) mass is 235 g/mol. The molecular weight excluding hydrogens is 222 g/mol. The Balaban J connectivity index is 2.26. The lowest BCUT2D eigenvalue weighted by atomic mass is 10.1. The van der Waals surface area contributed by atoms with Crippen molar-refractivity contribution in [2.45, 2.75) is 24.7 Å². The Labute approximate surface area is 81.0 Å². The first-order valence-electron chi connectivity index (χ1n) is 4.13. The molecule has 0 aromatic carbocycles. The van der Waals surface area contributed by atoms with Gasteiger partial charge in [-0.3, -0.25) is 4.79 Å². The van der Waals surface area contributed by atoms with Crippen LogP contribution < -0.4 is 5.32 Å². The number of alkyl halides is 1. The summed E-state index contributed by atoms with van der Waals surface area (Å²) < 4.78 is 4.95. The maximum atomic E-state index is 11.4. The normalized spacial score (nSPS) is 20.3. The number of carbonyl (C=O) groups excluding carboxylic acids is 1. The smallest absolute Gasteiger partial charge is 0.234 e. The minimum absolute atomic E-state index is 0.0679. The van der Waals surface area contributed by atoms with Crippen LogP contribution in [-0.4, -0.2) is 30.0 Å². The predicted molar refractivity (Wildman–Crippen MR) is 50.3 cm³/mol. The number of ether oxygens (including phenoxy) is 1. The van der Waals surface area contributed by atoms with Crippen molar-refractivity contribution < 1.29 is 9.53 Å². The molecule has 1 unspecified atom stereocenters. The van der Waals surface area contributed by atoms with E-state index in [9.17, 15) is 4.79 Å². The van der Waals surface area contributed by atoms with Gasteiger partial charge in [-0.05, 0) is 5.92 Å². The molecule has 0 aliphatic carbocycles. The summed E-state index contributed by atoms with van der Waals surface area (Å²) in [7, 11) is 0. The molecule has 1 fully saturated rings. The number of amides is 1. The molecule has 1 N–H and O–H groups in total. The van der Waals surface area contributed by atoms with Crippen molar-refractivity contribution in [1.29, 1.82) is 0 Å². The summed E-state index contributed by atoms with van der Waals surface area (Å²) in [5.74, 6) is 0.393. The van der Waals surface area contributed by atoms with Crippen molar-refractivity contribution in [1.82, 2.24) is 5.32 Å². The molecule has 1 aliphatic heterocycles. The van der Waals surface area contributed by atoms with Crippen LogP contribution in [0.5, 0.6) is 0 Å². The van der Waals surface area contributed by atoms with Gasteiger partial charge < -0.3 is 10.1 Å². The van der Waals surface area contributed by atoms with Gasteiger partial charge in [0.1, 0.15) is 0 Å². The molecule has 0 spiro atoms. The Kier molecular flexibility index (Phi) is 3.53. The van der Waals surface area contributed by atoms with Gasteiger partial charge in [0, 0.05) is 0 Å². The largest absolute Gasteiger partial charge is 0.377 e. The van der Waals surface area contributed by atoms with Crippen LogP contribution in [0.25, 0.3) is 0 Å². The van der Waals surface area contributed by atoms with Crippen LogP contribution in [0.3, 0.4) is 0 Å². The van der Waals surface area contributed by atoms with Crippen LogP contribution in [-0.2, 0) is 9.53 Å². The van der Waals surface area contributed by atoms with Crippen LogP contribution in [0, 0.1) is 5.92 Å². The highest BCUT2D eigenvalue weighted by molar-refractivity contribution is 9.10. The van der Waals surface area contributed by atoms with Gasteiger partial charge in [-0.1, -0.05) is 29.8 Å². The number of carbonyl (C=O) groups is 1. The summed E-state index contributed by atoms with van der Waals surface area (Å²) in [5, 5.41) is 2.89. The Morgan fingerprint density at radius 2 is 2.17 bits per heavy atom. The molecule has 12 heavy (non-hydrogen) atoms. The molecule has 1 atom stereocenters. The minimum atomic E-state index is -0.0851. The van der Waals surface area contributed by atoms with Gasteiger partial charge in [0.2, 0.25) is 5.91 Å². The van der Waals surface area contributed by atoms with Crippen molar-refractivity contribution in [2.75, 3.05) is 13.2 Å². The molecule has 1 saturated heterocycles. The van der Waals surface area contributed by atoms with Gasteiger partial charge >= 0.3 is 0 Å². The first-order chi connectivity index (χ1) is 5.61. The van der Waals surface area contributed by atoms with Crippen LogP contribution in [0.4, 0.5) is 0 Å². The maximum Gasteiger partial charge on any atom is 0.234 e. The van der Waals surface area contributed by atoms with Crippen molar-refractivity contribution in [3.63, 3.8) is 0 Å². The lowest BCUT2D eigenvalue weighted by Gasteiger charge is -2.28. The van der Waals surface area contributed by atoms with Crippen molar-refractivity contribution >= 4 is 21.8 Å². The fourth-order valence-corrected chi connectivity index (χ4v) is 1.03. The second-order valence-electron chi connectivity index (χ2n) is 3.39. The molecule has 4 heteroatoms. The van der Waals surface area contributed by atoms with Crippen LogP contribution in [0.1, 0.15) is 13.8 Å². The number of hydrogen-bond acceptors (Lipinski definition) is 2. The zero-order valence-corrected chi connectivity index (χ0v) is 8.93. The average Bonchev–Trinajstić information content (AvgIpc) is 1.94. The average molecular weight is 236 g/mol. The summed E-state index contributed by atoms with van der Waals surface area (Å²) in [5.41, 5.74) is 0. The van der Waals surface area contributed by atoms with Crippen LogP contribution >= 0.6 is 15.9 Å². The van der Waals surface area contributed by atoms with Crippen molar-refractivity contribution in [3.8, 4) is 0 Å². The van der Waals surface area contributed by atoms with Crippen molar-refractivity contribution in [3.05, 3.63) is 0 Å².